The molecule has 2 atom stereocenters. The smallest absolute Gasteiger partial charge is 0.233 e. The van der Waals surface area contributed by atoms with Crippen molar-refractivity contribution < 1.29 is 4.79 Å². The van der Waals surface area contributed by atoms with Gasteiger partial charge in [-0.15, -0.1) is 10.2 Å². The summed E-state index contributed by atoms with van der Waals surface area (Å²) in [5.74, 6) is 2.46. The first kappa shape index (κ1) is 20.5. The van der Waals surface area contributed by atoms with Crippen molar-refractivity contribution in [2.45, 2.75) is 38.3 Å². The van der Waals surface area contributed by atoms with Crippen LogP contribution in [0.25, 0.3) is 5.69 Å². The topological polar surface area (TPSA) is 54.3 Å². The minimum Gasteiger partial charge on any atom is -0.341 e. The highest BCUT2D eigenvalue weighted by Gasteiger charge is 2.27. The first-order valence-electron chi connectivity index (χ1n) is 10.4. The maximum Gasteiger partial charge on any atom is 0.233 e. The molecule has 0 radical (unpaired) electrons. The zero-order valence-electron chi connectivity index (χ0n) is 17.1. The number of amides is 1. The molecular formula is C21H28ClN5OS. The lowest BCUT2D eigenvalue weighted by Crippen LogP contribution is -2.43. The summed E-state index contributed by atoms with van der Waals surface area (Å²) >= 11 is 7.95. The number of rotatable bonds is 5. The number of halogens is 1. The third kappa shape index (κ3) is 4.56. The highest BCUT2D eigenvalue weighted by molar-refractivity contribution is 7.99. The summed E-state index contributed by atoms with van der Waals surface area (Å²) in [6.07, 6.45) is 3.50. The Bertz CT molecular complexity index is 857. The van der Waals surface area contributed by atoms with E-state index in [4.69, 9.17) is 11.6 Å². The first-order chi connectivity index (χ1) is 14.0. The van der Waals surface area contributed by atoms with Crippen LogP contribution in [-0.2, 0) is 4.79 Å². The van der Waals surface area contributed by atoms with E-state index >= 15 is 0 Å². The Morgan fingerprint density at radius 3 is 2.52 bits per heavy atom. The number of thioether (sulfide) groups is 1. The van der Waals surface area contributed by atoms with E-state index in [9.17, 15) is 4.79 Å². The van der Waals surface area contributed by atoms with Crippen LogP contribution in [0, 0.1) is 11.8 Å². The third-order valence-corrected chi connectivity index (χ3v) is 6.88. The number of likely N-dealkylation sites (tertiary alicyclic amines) is 1. The van der Waals surface area contributed by atoms with Gasteiger partial charge in [-0.2, -0.15) is 0 Å². The Morgan fingerprint density at radius 2 is 1.83 bits per heavy atom. The van der Waals surface area contributed by atoms with Crippen molar-refractivity contribution >= 4 is 35.2 Å². The quantitative estimate of drug-likeness (QED) is 0.664. The van der Waals surface area contributed by atoms with E-state index in [1.807, 2.05) is 33.7 Å². The molecule has 1 aromatic carbocycles. The molecule has 2 fully saturated rings. The maximum atomic E-state index is 12.9. The summed E-state index contributed by atoms with van der Waals surface area (Å²) in [6.45, 7) is 8.07. The van der Waals surface area contributed by atoms with Gasteiger partial charge in [0, 0.05) is 26.2 Å². The number of benzene rings is 1. The van der Waals surface area contributed by atoms with E-state index in [-0.39, 0.29) is 5.91 Å². The zero-order valence-corrected chi connectivity index (χ0v) is 18.6. The van der Waals surface area contributed by atoms with Gasteiger partial charge in [-0.05, 0) is 43.2 Å². The van der Waals surface area contributed by atoms with E-state index < -0.39 is 0 Å². The molecule has 156 valence electrons. The average molecular weight is 434 g/mol. The van der Waals surface area contributed by atoms with Crippen LogP contribution in [0.2, 0.25) is 5.02 Å². The minimum atomic E-state index is 0.171. The van der Waals surface area contributed by atoms with Gasteiger partial charge in [-0.1, -0.05) is 49.3 Å². The number of aromatic nitrogens is 3. The Kier molecular flexibility index (Phi) is 6.35. The van der Waals surface area contributed by atoms with Crippen molar-refractivity contribution in [1.29, 1.82) is 0 Å². The number of carbonyl (C=O) groups excluding carboxylic acids is 1. The molecule has 0 N–H and O–H groups in total. The molecule has 3 heterocycles. The summed E-state index contributed by atoms with van der Waals surface area (Å²) < 4.78 is 2.01. The molecule has 2 aliphatic rings. The van der Waals surface area contributed by atoms with Gasteiger partial charge in [0.25, 0.3) is 0 Å². The highest BCUT2D eigenvalue weighted by Crippen LogP contribution is 2.32. The van der Waals surface area contributed by atoms with Crippen molar-refractivity contribution in [2.75, 3.05) is 36.8 Å². The van der Waals surface area contributed by atoms with Gasteiger partial charge in [0.2, 0.25) is 11.9 Å². The van der Waals surface area contributed by atoms with Crippen molar-refractivity contribution in [3.8, 4) is 5.69 Å². The molecule has 6 nitrogen and oxygen atoms in total. The molecular weight excluding hydrogens is 406 g/mol. The largest absolute Gasteiger partial charge is 0.341 e. The van der Waals surface area contributed by atoms with Crippen LogP contribution in [0.3, 0.4) is 0 Å². The van der Waals surface area contributed by atoms with Gasteiger partial charge >= 0.3 is 0 Å². The standard InChI is InChI=1S/C21H28ClN5OS/c1-15-11-16(2)13-26(12-15)19(28)14-29-21-24-23-20(25-9-5-6-10-25)27(21)18-8-4-3-7-17(18)22/h3-4,7-8,15-16H,5-6,9-14H2,1-2H3. The number of piperidine rings is 1. The summed E-state index contributed by atoms with van der Waals surface area (Å²) in [6, 6.07) is 7.73. The number of para-hydroxylation sites is 1. The monoisotopic (exact) mass is 433 g/mol. The van der Waals surface area contributed by atoms with Crippen LogP contribution >= 0.6 is 23.4 Å². The molecule has 2 aromatic rings. The van der Waals surface area contributed by atoms with Gasteiger partial charge in [-0.3, -0.25) is 9.36 Å². The van der Waals surface area contributed by atoms with Crippen molar-refractivity contribution in [2.24, 2.45) is 11.8 Å². The van der Waals surface area contributed by atoms with Crippen LogP contribution in [-0.4, -0.2) is 57.5 Å². The average Bonchev–Trinajstić information content (AvgIpc) is 3.35. The summed E-state index contributed by atoms with van der Waals surface area (Å²) in [5.41, 5.74) is 0.858. The van der Waals surface area contributed by atoms with E-state index in [0.29, 0.717) is 27.8 Å². The van der Waals surface area contributed by atoms with Crippen LogP contribution in [0.5, 0.6) is 0 Å². The van der Waals surface area contributed by atoms with E-state index in [0.717, 1.165) is 50.7 Å². The zero-order chi connectivity index (χ0) is 20.4. The van der Waals surface area contributed by atoms with Gasteiger partial charge in [0.05, 0.1) is 16.5 Å². The van der Waals surface area contributed by atoms with Gasteiger partial charge in [0.15, 0.2) is 5.16 Å². The Balaban J connectivity index is 1.56. The number of nitrogens with zero attached hydrogens (tertiary/aromatic N) is 5. The lowest BCUT2D eigenvalue weighted by molar-refractivity contribution is -0.130. The fourth-order valence-corrected chi connectivity index (χ4v) is 5.47. The van der Waals surface area contributed by atoms with Crippen molar-refractivity contribution in [3.05, 3.63) is 29.3 Å². The molecule has 4 rings (SSSR count). The van der Waals surface area contributed by atoms with Crippen LogP contribution in [0.4, 0.5) is 5.95 Å². The predicted octanol–water partition coefficient (Wildman–Crippen LogP) is 4.12. The maximum absolute atomic E-state index is 12.9. The third-order valence-electron chi connectivity index (χ3n) is 5.64. The fourth-order valence-electron chi connectivity index (χ4n) is 4.41. The number of carbonyl (C=O) groups is 1. The number of hydrogen-bond donors (Lipinski definition) is 0. The van der Waals surface area contributed by atoms with E-state index in [2.05, 4.69) is 28.9 Å². The highest BCUT2D eigenvalue weighted by atomic mass is 35.5. The molecule has 0 saturated carbocycles. The van der Waals surface area contributed by atoms with Gasteiger partial charge in [-0.25, -0.2) is 0 Å². The summed E-state index contributed by atoms with van der Waals surface area (Å²) in [4.78, 5) is 17.1. The number of hydrogen-bond acceptors (Lipinski definition) is 5. The number of anilines is 1. The fraction of sp³-hybridized carbons (Fsp3) is 0.571. The molecule has 2 unspecified atom stereocenters. The lowest BCUT2D eigenvalue weighted by atomic mass is 9.92. The molecule has 0 bridgehead atoms. The SMILES string of the molecule is CC1CC(C)CN(C(=O)CSc2nnc(N3CCCC3)n2-c2ccccc2Cl)C1. The van der Waals surface area contributed by atoms with Crippen LogP contribution in [0.1, 0.15) is 33.1 Å². The van der Waals surface area contributed by atoms with Crippen molar-refractivity contribution in [3.63, 3.8) is 0 Å². The molecule has 2 aliphatic heterocycles. The predicted molar refractivity (Wildman–Crippen MR) is 118 cm³/mol. The first-order valence-corrected chi connectivity index (χ1v) is 11.7. The second-order valence-electron chi connectivity index (χ2n) is 8.30. The van der Waals surface area contributed by atoms with E-state index in [1.54, 1.807) is 0 Å². The molecule has 0 spiro atoms. The molecule has 1 amide bonds. The van der Waals surface area contributed by atoms with Crippen molar-refractivity contribution in [1.82, 2.24) is 19.7 Å². The lowest BCUT2D eigenvalue weighted by Gasteiger charge is -2.35. The summed E-state index contributed by atoms with van der Waals surface area (Å²) in [5, 5.41) is 10.3. The second kappa shape index (κ2) is 8.96. The molecule has 8 heteroatoms. The van der Waals surface area contributed by atoms with Crippen LogP contribution < -0.4 is 4.90 Å². The molecule has 0 aliphatic carbocycles. The normalized spacial score (nSPS) is 22.3. The molecule has 1 aromatic heterocycles. The van der Waals surface area contributed by atoms with E-state index in [1.165, 1.54) is 18.2 Å². The minimum absolute atomic E-state index is 0.171. The second-order valence-corrected chi connectivity index (χ2v) is 9.65. The molecule has 29 heavy (non-hydrogen) atoms. The van der Waals surface area contributed by atoms with Crippen LogP contribution in [0.15, 0.2) is 29.4 Å². The Hall–Kier alpha value is -1.73. The molecule has 2 saturated heterocycles. The van der Waals surface area contributed by atoms with Gasteiger partial charge < -0.3 is 9.80 Å². The summed E-state index contributed by atoms with van der Waals surface area (Å²) in [7, 11) is 0. The Morgan fingerprint density at radius 1 is 1.14 bits per heavy atom. The van der Waals surface area contributed by atoms with Gasteiger partial charge in [0.1, 0.15) is 0 Å². The Labute approximate surface area is 181 Å².